The largest absolute Gasteiger partial charge is 0.397 e. The number of carbonyl (C=O) groups is 1. The van der Waals surface area contributed by atoms with E-state index in [1.165, 1.54) is 0 Å². The van der Waals surface area contributed by atoms with Gasteiger partial charge in [-0.3, -0.25) is 4.79 Å². The van der Waals surface area contributed by atoms with E-state index in [0.29, 0.717) is 28.9 Å². The zero-order chi connectivity index (χ0) is 15.5. The molecule has 0 saturated carbocycles. The van der Waals surface area contributed by atoms with Gasteiger partial charge in [0.1, 0.15) is 5.69 Å². The van der Waals surface area contributed by atoms with E-state index in [9.17, 15) is 4.79 Å². The van der Waals surface area contributed by atoms with Crippen LogP contribution >= 0.6 is 0 Å². The van der Waals surface area contributed by atoms with Crippen LogP contribution in [-0.4, -0.2) is 10.8 Å². The lowest BCUT2D eigenvalue weighted by atomic mass is 10.0. The number of carbonyl (C=O) groups excluding carboxylic acids is 1. The molecule has 0 saturated heterocycles. The average molecular weight is 288 g/mol. The lowest BCUT2D eigenvalue weighted by Gasteiger charge is -2.07. The number of rotatable bonds is 4. The van der Waals surface area contributed by atoms with Gasteiger partial charge in [0.05, 0.1) is 11.2 Å². The second-order valence-electron chi connectivity index (χ2n) is 5.21. The Kier molecular flexibility index (Phi) is 3.71. The summed E-state index contributed by atoms with van der Waals surface area (Å²) in [6, 6.07) is 19.0. The maximum absolute atomic E-state index is 12.5. The van der Waals surface area contributed by atoms with Crippen LogP contribution in [0.5, 0.6) is 0 Å². The first-order valence-corrected chi connectivity index (χ1v) is 7.07. The third-order valence-electron chi connectivity index (χ3n) is 3.57. The molecule has 0 radical (unpaired) electrons. The first kappa shape index (κ1) is 14.0. The van der Waals surface area contributed by atoms with E-state index in [4.69, 9.17) is 5.73 Å². The summed E-state index contributed by atoms with van der Waals surface area (Å²) in [5.41, 5.74) is 9.11. The predicted molar refractivity (Wildman–Crippen MR) is 89.8 cm³/mol. The normalized spacial score (nSPS) is 10.5. The Morgan fingerprint density at radius 3 is 2.55 bits per heavy atom. The molecule has 1 aromatic heterocycles. The number of aromatic nitrogens is 1. The molecule has 1 heterocycles. The van der Waals surface area contributed by atoms with Crippen molar-refractivity contribution in [1.82, 2.24) is 4.98 Å². The van der Waals surface area contributed by atoms with Gasteiger partial charge in [0.25, 0.3) is 0 Å². The summed E-state index contributed by atoms with van der Waals surface area (Å²) in [6.07, 6.45) is 0.518. The second kappa shape index (κ2) is 5.82. The number of Topliss-reactive ketones (excluding diaryl/α,β-unsaturated/α-hetero) is 1. The Morgan fingerprint density at radius 1 is 1.00 bits per heavy atom. The average Bonchev–Trinajstić information content (AvgIpc) is 2.55. The number of pyridine rings is 1. The third kappa shape index (κ3) is 2.74. The van der Waals surface area contributed by atoms with Crippen molar-refractivity contribution in [1.29, 1.82) is 0 Å². The summed E-state index contributed by atoms with van der Waals surface area (Å²) >= 11 is 0. The molecule has 0 aliphatic rings. The van der Waals surface area contributed by atoms with Crippen molar-refractivity contribution in [3.8, 4) is 0 Å². The van der Waals surface area contributed by atoms with Crippen LogP contribution in [-0.2, 0) is 6.42 Å². The highest BCUT2D eigenvalue weighted by atomic mass is 16.1. The van der Waals surface area contributed by atoms with Crippen LogP contribution < -0.4 is 5.73 Å². The summed E-state index contributed by atoms with van der Waals surface area (Å²) < 4.78 is 0. The molecule has 3 rings (SSSR count). The SMILES string of the molecule is C=C(Cc1ccccc1)C(=O)c1ccc2cccc(N)c2n1. The van der Waals surface area contributed by atoms with Crippen LogP contribution in [0.15, 0.2) is 72.8 Å². The van der Waals surface area contributed by atoms with Crippen LogP contribution in [0.1, 0.15) is 16.1 Å². The van der Waals surface area contributed by atoms with E-state index < -0.39 is 0 Å². The summed E-state index contributed by atoms with van der Waals surface area (Å²) in [5.74, 6) is -0.144. The number of nitrogen functional groups attached to an aromatic ring is 1. The maximum atomic E-state index is 12.5. The van der Waals surface area contributed by atoms with Gasteiger partial charge in [-0.15, -0.1) is 0 Å². The van der Waals surface area contributed by atoms with Crippen molar-refractivity contribution < 1.29 is 4.79 Å². The maximum Gasteiger partial charge on any atom is 0.207 e. The van der Waals surface area contributed by atoms with E-state index in [0.717, 1.165) is 10.9 Å². The van der Waals surface area contributed by atoms with Crippen LogP contribution in [0.3, 0.4) is 0 Å². The van der Waals surface area contributed by atoms with Crippen LogP contribution in [0.25, 0.3) is 10.9 Å². The van der Waals surface area contributed by atoms with Gasteiger partial charge in [0.15, 0.2) is 0 Å². The fourth-order valence-electron chi connectivity index (χ4n) is 2.40. The van der Waals surface area contributed by atoms with E-state index in [1.807, 2.05) is 48.5 Å². The molecule has 0 spiro atoms. The van der Waals surface area contributed by atoms with Crippen LogP contribution in [0.4, 0.5) is 5.69 Å². The number of para-hydroxylation sites is 1. The number of fused-ring (bicyclic) bond motifs is 1. The lowest BCUT2D eigenvalue weighted by molar-refractivity contribution is 0.102. The number of hydrogen-bond donors (Lipinski definition) is 1. The van der Waals surface area contributed by atoms with Gasteiger partial charge >= 0.3 is 0 Å². The minimum absolute atomic E-state index is 0.144. The van der Waals surface area contributed by atoms with Crippen molar-refractivity contribution >= 4 is 22.4 Å². The van der Waals surface area contributed by atoms with E-state index in [-0.39, 0.29) is 5.78 Å². The fourth-order valence-corrected chi connectivity index (χ4v) is 2.40. The quantitative estimate of drug-likeness (QED) is 0.451. The van der Waals surface area contributed by atoms with Crippen molar-refractivity contribution in [2.24, 2.45) is 0 Å². The molecule has 3 nitrogen and oxygen atoms in total. The number of ketones is 1. The molecule has 0 aliphatic carbocycles. The molecule has 0 aliphatic heterocycles. The lowest BCUT2D eigenvalue weighted by Crippen LogP contribution is -2.07. The van der Waals surface area contributed by atoms with Crippen molar-refractivity contribution in [3.63, 3.8) is 0 Å². The zero-order valence-corrected chi connectivity index (χ0v) is 12.1. The molecular weight excluding hydrogens is 272 g/mol. The number of allylic oxidation sites excluding steroid dienone is 1. The fraction of sp³-hybridized carbons (Fsp3) is 0.0526. The Bertz CT molecular complexity index is 854. The van der Waals surface area contributed by atoms with Crippen LogP contribution in [0.2, 0.25) is 0 Å². The van der Waals surface area contributed by atoms with Gasteiger partial charge in [-0.05, 0) is 23.3 Å². The van der Waals surface area contributed by atoms with Gasteiger partial charge in [0, 0.05) is 11.8 Å². The highest BCUT2D eigenvalue weighted by Gasteiger charge is 2.13. The summed E-state index contributed by atoms with van der Waals surface area (Å²) in [4.78, 5) is 16.9. The van der Waals surface area contributed by atoms with Gasteiger partial charge in [0.2, 0.25) is 5.78 Å². The Balaban J connectivity index is 1.88. The van der Waals surface area contributed by atoms with E-state index in [1.54, 1.807) is 12.1 Å². The highest BCUT2D eigenvalue weighted by molar-refractivity contribution is 6.08. The molecular formula is C19H16N2O. The molecule has 0 bridgehead atoms. The van der Waals surface area contributed by atoms with Crippen molar-refractivity contribution in [2.75, 3.05) is 5.73 Å². The number of nitrogens with zero attached hydrogens (tertiary/aromatic N) is 1. The Hall–Kier alpha value is -2.94. The zero-order valence-electron chi connectivity index (χ0n) is 12.1. The van der Waals surface area contributed by atoms with Crippen molar-refractivity contribution in [3.05, 3.63) is 84.1 Å². The molecule has 0 atom stereocenters. The highest BCUT2D eigenvalue weighted by Crippen LogP contribution is 2.20. The number of hydrogen-bond acceptors (Lipinski definition) is 3. The Labute approximate surface area is 129 Å². The van der Waals surface area contributed by atoms with Gasteiger partial charge in [-0.2, -0.15) is 0 Å². The van der Waals surface area contributed by atoms with Gasteiger partial charge in [-0.1, -0.05) is 55.1 Å². The molecule has 22 heavy (non-hydrogen) atoms. The molecule has 2 N–H and O–H groups in total. The summed E-state index contributed by atoms with van der Waals surface area (Å²) in [6.45, 7) is 3.91. The molecule has 2 aromatic carbocycles. The summed E-state index contributed by atoms with van der Waals surface area (Å²) in [5, 5.41) is 0.922. The van der Waals surface area contributed by atoms with Crippen LogP contribution in [0, 0.1) is 0 Å². The van der Waals surface area contributed by atoms with Crippen molar-refractivity contribution in [2.45, 2.75) is 6.42 Å². The molecule has 0 fully saturated rings. The number of nitrogens with two attached hydrogens (primary N) is 1. The smallest absolute Gasteiger partial charge is 0.207 e. The molecule has 3 heteroatoms. The molecule has 108 valence electrons. The minimum atomic E-state index is -0.144. The Morgan fingerprint density at radius 2 is 1.77 bits per heavy atom. The predicted octanol–water partition coefficient (Wildman–Crippen LogP) is 3.80. The summed E-state index contributed by atoms with van der Waals surface area (Å²) in [7, 11) is 0. The molecule has 0 unspecified atom stereocenters. The first-order valence-electron chi connectivity index (χ1n) is 7.07. The monoisotopic (exact) mass is 288 g/mol. The first-order chi connectivity index (χ1) is 10.6. The molecule has 0 amide bonds. The minimum Gasteiger partial charge on any atom is -0.397 e. The topological polar surface area (TPSA) is 56.0 Å². The standard InChI is InChI=1S/C19H16N2O/c1-13(12-14-6-3-2-4-7-14)19(22)17-11-10-15-8-5-9-16(20)18(15)21-17/h2-11H,1,12,20H2. The number of anilines is 1. The second-order valence-corrected chi connectivity index (χ2v) is 5.21. The van der Waals surface area contributed by atoms with Gasteiger partial charge in [-0.25, -0.2) is 4.98 Å². The van der Waals surface area contributed by atoms with E-state index in [2.05, 4.69) is 11.6 Å². The third-order valence-corrected chi connectivity index (χ3v) is 3.57. The molecule has 3 aromatic rings. The van der Waals surface area contributed by atoms with Gasteiger partial charge < -0.3 is 5.73 Å². The number of benzene rings is 2. The van der Waals surface area contributed by atoms with E-state index >= 15 is 0 Å².